The summed E-state index contributed by atoms with van der Waals surface area (Å²) in [6.45, 7) is 0.658. The number of hydrogen-bond acceptors (Lipinski definition) is 3. The maximum absolute atomic E-state index is 12.4. The highest BCUT2D eigenvalue weighted by atomic mass is 35.5. The first-order chi connectivity index (χ1) is 9.35. The number of aromatic hydroxyl groups is 1. The third-order valence-electron chi connectivity index (χ3n) is 4.30. The molecule has 0 unspecified atom stereocenters. The van der Waals surface area contributed by atoms with E-state index in [4.69, 9.17) is 11.6 Å². The van der Waals surface area contributed by atoms with Crippen molar-refractivity contribution < 1.29 is 9.90 Å². The molecule has 2 rings (SSSR count). The number of halogens is 1. The molecule has 0 radical (unpaired) electrons. The number of phenolic OH excluding ortho intramolecular Hbond substituents is 1. The Morgan fingerprint density at radius 1 is 1.35 bits per heavy atom. The Hall–Kier alpha value is -1.26. The average molecular weight is 297 g/mol. The van der Waals surface area contributed by atoms with Gasteiger partial charge in [-0.2, -0.15) is 0 Å². The summed E-state index contributed by atoms with van der Waals surface area (Å²) in [5.74, 6) is -0.225. The molecular formula is C15H21ClN2O2. The molecule has 4 nitrogen and oxygen atoms in total. The molecule has 110 valence electrons. The van der Waals surface area contributed by atoms with Gasteiger partial charge in [0.2, 0.25) is 0 Å². The first kappa shape index (κ1) is 15.1. The standard InChI is InChI=1S/C15H21ClN2O2/c1-17(2)15(7-4-8-15)10-18(3)14(20)12-9-11(16)5-6-13(12)19/h5-6,9,19H,4,7-8,10H2,1-3H3. The van der Waals surface area contributed by atoms with E-state index in [0.29, 0.717) is 11.6 Å². The van der Waals surface area contributed by atoms with Gasteiger partial charge in [-0.15, -0.1) is 0 Å². The molecule has 1 aliphatic rings. The summed E-state index contributed by atoms with van der Waals surface area (Å²) in [6.07, 6.45) is 3.39. The summed E-state index contributed by atoms with van der Waals surface area (Å²) in [4.78, 5) is 16.3. The Morgan fingerprint density at radius 2 is 2.00 bits per heavy atom. The van der Waals surface area contributed by atoms with Crippen LogP contribution in [0.25, 0.3) is 0 Å². The second-order valence-corrected chi connectivity index (χ2v) is 6.23. The second-order valence-electron chi connectivity index (χ2n) is 5.80. The number of amides is 1. The molecule has 0 spiro atoms. The predicted molar refractivity (Wildman–Crippen MR) is 80.3 cm³/mol. The largest absolute Gasteiger partial charge is 0.507 e. The molecule has 0 saturated heterocycles. The van der Waals surface area contributed by atoms with E-state index >= 15 is 0 Å². The van der Waals surface area contributed by atoms with E-state index in [-0.39, 0.29) is 22.8 Å². The molecule has 0 heterocycles. The van der Waals surface area contributed by atoms with Crippen LogP contribution in [0.1, 0.15) is 29.6 Å². The molecule has 1 amide bonds. The lowest BCUT2D eigenvalue weighted by Crippen LogP contribution is -2.57. The van der Waals surface area contributed by atoms with Gasteiger partial charge in [-0.3, -0.25) is 4.79 Å². The molecular weight excluding hydrogens is 276 g/mol. The molecule has 0 bridgehead atoms. The topological polar surface area (TPSA) is 43.8 Å². The second kappa shape index (κ2) is 5.62. The van der Waals surface area contributed by atoms with Crippen molar-refractivity contribution in [2.75, 3.05) is 27.7 Å². The van der Waals surface area contributed by atoms with Gasteiger partial charge in [-0.1, -0.05) is 11.6 Å². The minimum atomic E-state index is -0.196. The SMILES string of the molecule is CN(CC1(N(C)C)CCC1)C(=O)c1cc(Cl)ccc1O. The number of rotatable bonds is 4. The van der Waals surface area contributed by atoms with E-state index in [1.807, 2.05) is 14.1 Å². The summed E-state index contributed by atoms with van der Waals surface area (Å²) in [5, 5.41) is 10.3. The van der Waals surface area contributed by atoms with Crippen molar-refractivity contribution in [3.8, 4) is 5.75 Å². The van der Waals surface area contributed by atoms with Crippen molar-refractivity contribution >= 4 is 17.5 Å². The molecule has 5 heteroatoms. The van der Waals surface area contributed by atoms with Gasteiger partial charge in [0.15, 0.2) is 0 Å². The van der Waals surface area contributed by atoms with Crippen LogP contribution in [0.3, 0.4) is 0 Å². The first-order valence-corrected chi connectivity index (χ1v) is 7.15. The normalized spacial score (nSPS) is 16.9. The fourth-order valence-corrected chi connectivity index (χ4v) is 2.90. The summed E-state index contributed by atoms with van der Waals surface area (Å²) >= 11 is 5.90. The smallest absolute Gasteiger partial charge is 0.257 e. The highest BCUT2D eigenvalue weighted by Crippen LogP contribution is 2.37. The molecule has 1 N–H and O–H groups in total. The van der Waals surface area contributed by atoms with Crippen LogP contribution in [0.4, 0.5) is 0 Å². The van der Waals surface area contributed by atoms with E-state index in [0.717, 1.165) is 12.8 Å². The minimum absolute atomic E-state index is 0.0289. The summed E-state index contributed by atoms with van der Waals surface area (Å²) in [6, 6.07) is 4.54. The van der Waals surface area contributed by atoms with Gasteiger partial charge < -0.3 is 14.9 Å². The molecule has 0 aliphatic heterocycles. The highest BCUT2D eigenvalue weighted by Gasteiger charge is 2.40. The molecule has 0 aromatic heterocycles. The maximum atomic E-state index is 12.4. The lowest BCUT2D eigenvalue weighted by Gasteiger charge is -2.49. The lowest BCUT2D eigenvalue weighted by molar-refractivity contribution is 0.0251. The number of carbonyl (C=O) groups excluding carboxylic acids is 1. The Morgan fingerprint density at radius 3 is 2.50 bits per heavy atom. The number of nitrogens with zero attached hydrogens (tertiary/aromatic N) is 2. The monoisotopic (exact) mass is 296 g/mol. The van der Waals surface area contributed by atoms with Crippen LogP contribution in [0, 0.1) is 0 Å². The average Bonchev–Trinajstić information content (AvgIpc) is 2.35. The number of benzene rings is 1. The van der Waals surface area contributed by atoms with Gasteiger partial charge in [0.1, 0.15) is 5.75 Å². The predicted octanol–water partition coefficient (Wildman–Crippen LogP) is 2.60. The zero-order chi connectivity index (χ0) is 14.9. The van der Waals surface area contributed by atoms with Crippen molar-refractivity contribution in [2.24, 2.45) is 0 Å². The van der Waals surface area contributed by atoms with Crippen LogP contribution >= 0.6 is 11.6 Å². The van der Waals surface area contributed by atoms with Crippen molar-refractivity contribution in [1.29, 1.82) is 0 Å². The Labute approximate surface area is 124 Å². The summed E-state index contributed by atoms with van der Waals surface area (Å²) in [5.41, 5.74) is 0.326. The zero-order valence-corrected chi connectivity index (χ0v) is 12.9. The van der Waals surface area contributed by atoms with Gasteiger partial charge in [0, 0.05) is 24.2 Å². The van der Waals surface area contributed by atoms with E-state index < -0.39 is 0 Å². The highest BCUT2D eigenvalue weighted by molar-refractivity contribution is 6.31. The number of carbonyl (C=O) groups is 1. The van der Waals surface area contributed by atoms with Gasteiger partial charge in [0.25, 0.3) is 5.91 Å². The van der Waals surface area contributed by atoms with Crippen LogP contribution in [0.5, 0.6) is 5.75 Å². The molecule has 1 fully saturated rings. The van der Waals surface area contributed by atoms with Gasteiger partial charge in [0.05, 0.1) is 5.56 Å². The van der Waals surface area contributed by atoms with Gasteiger partial charge >= 0.3 is 0 Å². The van der Waals surface area contributed by atoms with Crippen LogP contribution in [-0.2, 0) is 0 Å². The zero-order valence-electron chi connectivity index (χ0n) is 12.2. The quantitative estimate of drug-likeness (QED) is 0.929. The van der Waals surface area contributed by atoms with Crippen molar-refractivity contribution in [3.05, 3.63) is 28.8 Å². The van der Waals surface area contributed by atoms with Crippen LogP contribution in [-0.4, -0.2) is 54.0 Å². The lowest BCUT2D eigenvalue weighted by atomic mass is 9.75. The first-order valence-electron chi connectivity index (χ1n) is 6.77. The molecule has 1 aliphatic carbocycles. The maximum Gasteiger partial charge on any atom is 0.257 e. The summed E-state index contributed by atoms with van der Waals surface area (Å²) < 4.78 is 0. The van der Waals surface area contributed by atoms with Crippen molar-refractivity contribution in [2.45, 2.75) is 24.8 Å². The number of likely N-dealkylation sites (N-methyl/N-ethyl adjacent to an activating group) is 2. The van der Waals surface area contributed by atoms with E-state index in [1.165, 1.54) is 18.6 Å². The minimum Gasteiger partial charge on any atom is -0.507 e. The van der Waals surface area contributed by atoms with Gasteiger partial charge in [-0.25, -0.2) is 0 Å². The van der Waals surface area contributed by atoms with Crippen molar-refractivity contribution in [3.63, 3.8) is 0 Å². The van der Waals surface area contributed by atoms with E-state index in [9.17, 15) is 9.90 Å². The fraction of sp³-hybridized carbons (Fsp3) is 0.533. The van der Waals surface area contributed by atoms with Gasteiger partial charge in [-0.05, 0) is 51.6 Å². The third kappa shape index (κ3) is 2.76. The summed E-state index contributed by atoms with van der Waals surface area (Å²) in [7, 11) is 5.87. The van der Waals surface area contributed by atoms with Crippen LogP contribution in [0.15, 0.2) is 18.2 Å². The number of phenols is 1. The third-order valence-corrected chi connectivity index (χ3v) is 4.54. The van der Waals surface area contributed by atoms with E-state index in [1.54, 1.807) is 18.0 Å². The molecule has 1 aromatic carbocycles. The number of hydrogen-bond donors (Lipinski definition) is 1. The molecule has 1 saturated carbocycles. The van der Waals surface area contributed by atoms with E-state index in [2.05, 4.69) is 4.90 Å². The molecule has 20 heavy (non-hydrogen) atoms. The Bertz CT molecular complexity index is 513. The molecule has 1 aromatic rings. The fourth-order valence-electron chi connectivity index (χ4n) is 2.73. The van der Waals surface area contributed by atoms with Crippen molar-refractivity contribution in [1.82, 2.24) is 9.80 Å². The molecule has 0 atom stereocenters. The Kier molecular flexibility index (Phi) is 4.25. The van der Waals surface area contributed by atoms with Crippen LogP contribution in [0.2, 0.25) is 5.02 Å². The Balaban J connectivity index is 2.14. The van der Waals surface area contributed by atoms with Crippen LogP contribution < -0.4 is 0 Å².